The van der Waals surface area contributed by atoms with E-state index in [0.29, 0.717) is 18.9 Å². The Hall–Kier alpha value is -1.46. The SMILES string of the molecule is Cc1cccc(OCCSCC(=O)N(C)Cc2cccs2)c1. The van der Waals surface area contributed by atoms with Crippen LogP contribution in [-0.4, -0.2) is 36.0 Å². The molecule has 1 heterocycles. The molecule has 3 nitrogen and oxygen atoms in total. The molecule has 1 amide bonds. The summed E-state index contributed by atoms with van der Waals surface area (Å²) in [6.07, 6.45) is 0. The van der Waals surface area contributed by atoms with Crippen molar-refractivity contribution in [3.63, 3.8) is 0 Å². The first-order chi connectivity index (χ1) is 10.6. The molecule has 0 aliphatic rings. The molecule has 0 saturated heterocycles. The Balaban J connectivity index is 1.60. The van der Waals surface area contributed by atoms with Gasteiger partial charge in [-0.15, -0.1) is 23.1 Å². The second-order valence-corrected chi connectivity index (χ2v) is 7.18. The van der Waals surface area contributed by atoms with Gasteiger partial charge in [-0.3, -0.25) is 4.79 Å². The third-order valence-electron chi connectivity index (χ3n) is 3.11. The topological polar surface area (TPSA) is 29.5 Å². The maximum atomic E-state index is 12.0. The van der Waals surface area contributed by atoms with Gasteiger partial charge in [0.25, 0.3) is 0 Å². The van der Waals surface area contributed by atoms with E-state index in [9.17, 15) is 4.79 Å². The van der Waals surface area contributed by atoms with Gasteiger partial charge in [0.2, 0.25) is 5.91 Å². The third kappa shape index (κ3) is 5.73. The normalized spacial score (nSPS) is 10.5. The highest BCUT2D eigenvalue weighted by Gasteiger charge is 2.09. The Morgan fingerprint density at radius 3 is 2.91 bits per heavy atom. The lowest BCUT2D eigenvalue weighted by atomic mass is 10.2. The van der Waals surface area contributed by atoms with E-state index in [1.165, 1.54) is 10.4 Å². The minimum atomic E-state index is 0.161. The van der Waals surface area contributed by atoms with Gasteiger partial charge in [0, 0.05) is 17.7 Å². The number of ether oxygens (including phenoxy) is 1. The molecule has 0 N–H and O–H groups in total. The van der Waals surface area contributed by atoms with Crippen LogP contribution in [-0.2, 0) is 11.3 Å². The lowest BCUT2D eigenvalue weighted by Gasteiger charge is -2.16. The van der Waals surface area contributed by atoms with Crippen LogP contribution in [0, 0.1) is 6.92 Å². The van der Waals surface area contributed by atoms with Gasteiger partial charge in [0.05, 0.1) is 18.9 Å². The molecule has 2 aromatic rings. The average Bonchev–Trinajstić information content (AvgIpc) is 2.99. The van der Waals surface area contributed by atoms with Crippen molar-refractivity contribution in [3.05, 3.63) is 52.2 Å². The summed E-state index contributed by atoms with van der Waals surface area (Å²) in [5.41, 5.74) is 1.19. The van der Waals surface area contributed by atoms with Crippen molar-refractivity contribution in [1.29, 1.82) is 0 Å². The van der Waals surface area contributed by atoms with E-state index in [-0.39, 0.29) is 5.91 Å². The molecule has 0 radical (unpaired) electrons. The van der Waals surface area contributed by atoms with Gasteiger partial charge in [-0.05, 0) is 36.1 Å². The molecular formula is C17H21NO2S2. The number of benzene rings is 1. The lowest BCUT2D eigenvalue weighted by molar-refractivity contribution is -0.127. The summed E-state index contributed by atoms with van der Waals surface area (Å²) in [4.78, 5) is 15.0. The molecule has 118 valence electrons. The molecule has 0 aliphatic heterocycles. The van der Waals surface area contributed by atoms with Gasteiger partial charge < -0.3 is 9.64 Å². The van der Waals surface area contributed by atoms with Gasteiger partial charge in [0.15, 0.2) is 0 Å². The highest BCUT2D eigenvalue weighted by atomic mass is 32.2. The number of aryl methyl sites for hydroxylation is 1. The summed E-state index contributed by atoms with van der Waals surface area (Å²) in [6.45, 7) is 3.36. The number of amides is 1. The number of thiophene rings is 1. The zero-order valence-corrected chi connectivity index (χ0v) is 14.6. The molecule has 1 aromatic carbocycles. The van der Waals surface area contributed by atoms with Crippen LogP contribution in [0.25, 0.3) is 0 Å². The molecule has 2 rings (SSSR count). The van der Waals surface area contributed by atoms with Gasteiger partial charge in [0.1, 0.15) is 5.75 Å². The zero-order valence-electron chi connectivity index (χ0n) is 13.0. The Morgan fingerprint density at radius 1 is 1.32 bits per heavy atom. The standard InChI is InChI=1S/C17H21NO2S2/c1-14-5-3-6-15(11-14)20-8-10-21-13-17(19)18(2)12-16-7-4-9-22-16/h3-7,9,11H,8,10,12-13H2,1-2H3. The predicted molar refractivity (Wildman–Crippen MR) is 94.8 cm³/mol. The zero-order chi connectivity index (χ0) is 15.8. The number of nitrogens with zero attached hydrogens (tertiary/aromatic N) is 1. The first-order valence-corrected chi connectivity index (χ1v) is 9.22. The van der Waals surface area contributed by atoms with Crippen LogP contribution < -0.4 is 4.74 Å². The Bertz CT molecular complexity index is 584. The van der Waals surface area contributed by atoms with Crippen molar-refractivity contribution >= 4 is 29.0 Å². The summed E-state index contributed by atoms with van der Waals surface area (Å²) in [6, 6.07) is 12.1. The molecule has 0 bridgehead atoms. The Kier molecular flexibility index (Phi) is 6.80. The van der Waals surface area contributed by atoms with E-state index in [2.05, 4.69) is 6.07 Å². The first-order valence-electron chi connectivity index (χ1n) is 7.18. The Labute approximate surface area is 140 Å². The van der Waals surface area contributed by atoms with Crippen molar-refractivity contribution in [3.8, 4) is 5.75 Å². The fraction of sp³-hybridized carbons (Fsp3) is 0.353. The van der Waals surface area contributed by atoms with Gasteiger partial charge in [-0.25, -0.2) is 0 Å². The van der Waals surface area contributed by atoms with E-state index in [1.54, 1.807) is 28.0 Å². The van der Waals surface area contributed by atoms with Crippen molar-refractivity contribution in [2.75, 3.05) is 25.2 Å². The van der Waals surface area contributed by atoms with Gasteiger partial charge in [-0.1, -0.05) is 18.2 Å². The van der Waals surface area contributed by atoms with Crippen LogP contribution in [0.15, 0.2) is 41.8 Å². The Morgan fingerprint density at radius 2 is 2.18 bits per heavy atom. The highest BCUT2D eigenvalue weighted by Crippen LogP contribution is 2.14. The van der Waals surface area contributed by atoms with E-state index in [0.717, 1.165) is 11.5 Å². The molecular weight excluding hydrogens is 314 g/mol. The monoisotopic (exact) mass is 335 g/mol. The van der Waals surface area contributed by atoms with Crippen LogP contribution in [0.4, 0.5) is 0 Å². The van der Waals surface area contributed by atoms with E-state index in [1.807, 2.05) is 49.7 Å². The first kappa shape index (κ1) is 16.9. The van der Waals surface area contributed by atoms with Crippen molar-refractivity contribution in [2.45, 2.75) is 13.5 Å². The van der Waals surface area contributed by atoms with E-state index < -0.39 is 0 Å². The molecule has 22 heavy (non-hydrogen) atoms. The smallest absolute Gasteiger partial charge is 0.232 e. The van der Waals surface area contributed by atoms with Crippen LogP contribution in [0.5, 0.6) is 5.75 Å². The summed E-state index contributed by atoms with van der Waals surface area (Å²) in [5, 5.41) is 2.03. The molecule has 0 unspecified atom stereocenters. The largest absolute Gasteiger partial charge is 0.493 e. The molecule has 0 atom stereocenters. The number of rotatable bonds is 8. The van der Waals surface area contributed by atoms with Crippen LogP contribution in [0.1, 0.15) is 10.4 Å². The fourth-order valence-electron chi connectivity index (χ4n) is 1.92. The quantitative estimate of drug-likeness (QED) is 0.687. The van der Waals surface area contributed by atoms with Gasteiger partial charge >= 0.3 is 0 Å². The molecule has 0 spiro atoms. The summed E-state index contributed by atoms with van der Waals surface area (Å²) >= 11 is 3.29. The minimum absolute atomic E-state index is 0.161. The second kappa shape index (κ2) is 8.86. The summed E-state index contributed by atoms with van der Waals surface area (Å²) in [5.74, 6) is 2.36. The third-order valence-corrected chi connectivity index (χ3v) is 4.88. The lowest BCUT2D eigenvalue weighted by Crippen LogP contribution is -2.27. The number of carbonyl (C=O) groups excluding carboxylic acids is 1. The van der Waals surface area contributed by atoms with Crippen molar-refractivity contribution in [2.24, 2.45) is 0 Å². The molecule has 0 aliphatic carbocycles. The van der Waals surface area contributed by atoms with E-state index in [4.69, 9.17) is 4.74 Å². The van der Waals surface area contributed by atoms with Crippen LogP contribution in [0.3, 0.4) is 0 Å². The molecule has 0 saturated carbocycles. The molecule has 1 aromatic heterocycles. The second-order valence-electron chi connectivity index (χ2n) is 5.05. The number of thioether (sulfide) groups is 1. The van der Waals surface area contributed by atoms with Crippen molar-refractivity contribution in [1.82, 2.24) is 4.90 Å². The van der Waals surface area contributed by atoms with Crippen LogP contribution >= 0.6 is 23.1 Å². The summed E-state index contributed by atoms with van der Waals surface area (Å²) in [7, 11) is 1.85. The van der Waals surface area contributed by atoms with Gasteiger partial charge in [-0.2, -0.15) is 0 Å². The fourth-order valence-corrected chi connectivity index (χ4v) is 3.42. The molecule has 0 fully saturated rings. The predicted octanol–water partition coefficient (Wildman–Crippen LogP) is 3.83. The highest BCUT2D eigenvalue weighted by molar-refractivity contribution is 7.99. The maximum Gasteiger partial charge on any atom is 0.232 e. The number of hydrogen-bond acceptors (Lipinski definition) is 4. The molecule has 5 heteroatoms. The van der Waals surface area contributed by atoms with Crippen molar-refractivity contribution < 1.29 is 9.53 Å². The minimum Gasteiger partial charge on any atom is -0.493 e. The van der Waals surface area contributed by atoms with E-state index >= 15 is 0 Å². The maximum absolute atomic E-state index is 12.0. The number of hydrogen-bond donors (Lipinski definition) is 0. The average molecular weight is 335 g/mol. The summed E-state index contributed by atoms with van der Waals surface area (Å²) < 4.78 is 5.67. The number of carbonyl (C=O) groups is 1. The van der Waals surface area contributed by atoms with Crippen LogP contribution in [0.2, 0.25) is 0 Å².